The van der Waals surface area contributed by atoms with Gasteiger partial charge in [0, 0.05) is 22.6 Å². The maximum absolute atomic E-state index is 4.48. The SMILES string of the molecule is CSCCCNCc1ccc(Br)c2cccnc12. The van der Waals surface area contributed by atoms with Crippen LogP contribution in [-0.4, -0.2) is 23.5 Å². The molecular formula is C14H17BrN2S. The minimum atomic E-state index is 0.884. The molecule has 1 aromatic carbocycles. The molecule has 2 aromatic rings. The number of fused-ring (bicyclic) bond motifs is 1. The van der Waals surface area contributed by atoms with Crippen LogP contribution in [0.2, 0.25) is 0 Å². The molecule has 1 heterocycles. The number of nitrogens with zero attached hydrogens (tertiary/aromatic N) is 1. The summed E-state index contributed by atoms with van der Waals surface area (Å²) in [4.78, 5) is 4.48. The van der Waals surface area contributed by atoms with Crippen LogP contribution < -0.4 is 5.32 Å². The van der Waals surface area contributed by atoms with E-state index < -0.39 is 0 Å². The number of hydrogen-bond donors (Lipinski definition) is 1. The predicted octanol–water partition coefficient (Wildman–Crippen LogP) is 3.84. The molecule has 18 heavy (non-hydrogen) atoms. The molecule has 0 aliphatic rings. The van der Waals surface area contributed by atoms with Crippen molar-refractivity contribution in [2.45, 2.75) is 13.0 Å². The average Bonchev–Trinajstić information content (AvgIpc) is 2.41. The lowest BCUT2D eigenvalue weighted by atomic mass is 10.1. The number of aromatic nitrogens is 1. The highest BCUT2D eigenvalue weighted by Gasteiger charge is 2.04. The highest BCUT2D eigenvalue weighted by atomic mass is 79.9. The lowest BCUT2D eigenvalue weighted by molar-refractivity contribution is 0.681. The van der Waals surface area contributed by atoms with Gasteiger partial charge in [-0.05, 0) is 42.7 Å². The second-order valence-corrected chi connectivity index (χ2v) is 5.97. The Hall–Kier alpha value is -0.580. The zero-order valence-corrected chi connectivity index (χ0v) is 12.9. The van der Waals surface area contributed by atoms with E-state index >= 15 is 0 Å². The van der Waals surface area contributed by atoms with Gasteiger partial charge in [0.25, 0.3) is 0 Å². The fourth-order valence-electron chi connectivity index (χ4n) is 1.90. The summed E-state index contributed by atoms with van der Waals surface area (Å²) in [5.74, 6) is 1.21. The summed E-state index contributed by atoms with van der Waals surface area (Å²) in [6.45, 7) is 1.94. The highest BCUT2D eigenvalue weighted by Crippen LogP contribution is 2.24. The molecule has 0 unspecified atom stereocenters. The Balaban J connectivity index is 2.07. The number of benzene rings is 1. The van der Waals surface area contributed by atoms with Crippen molar-refractivity contribution >= 4 is 38.6 Å². The molecule has 1 aromatic heterocycles. The van der Waals surface area contributed by atoms with Crippen molar-refractivity contribution in [3.63, 3.8) is 0 Å². The molecule has 2 rings (SSSR count). The van der Waals surface area contributed by atoms with Gasteiger partial charge in [-0.15, -0.1) is 0 Å². The van der Waals surface area contributed by atoms with Crippen LogP contribution in [0.5, 0.6) is 0 Å². The van der Waals surface area contributed by atoms with Gasteiger partial charge in [-0.25, -0.2) is 0 Å². The van der Waals surface area contributed by atoms with E-state index in [2.05, 4.69) is 50.7 Å². The van der Waals surface area contributed by atoms with Crippen LogP contribution in [0.4, 0.5) is 0 Å². The second-order valence-electron chi connectivity index (χ2n) is 4.13. The Morgan fingerprint density at radius 1 is 1.33 bits per heavy atom. The minimum Gasteiger partial charge on any atom is -0.313 e. The van der Waals surface area contributed by atoms with Gasteiger partial charge < -0.3 is 5.32 Å². The van der Waals surface area contributed by atoms with Crippen LogP contribution in [0.3, 0.4) is 0 Å². The molecule has 0 amide bonds. The molecule has 4 heteroatoms. The van der Waals surface area contributed by atoms with Crippen molar-refractivity contribution in [2.75, 3.05) is 18.6 Å². The van der Waals surface area contributed by atoms with E-state index in [1.807, 2.05) is 24.0 Å². The van der Waals surface area contributed by atoms with Crippen LogP contribution in [0.15, 0.2) is 34.9 Å². The van der Waals surface area contributed by atoms with Gasteiger partial charge in [-0.3, -0.25) is 4.98 Å². The number of hydrogen-bond acceptors (Lipinski definition) is 3. The Morgan fingerprint density at radius 2 is 2.22 bits per heavy atom. The third-order valence-electron chi connectivity index (χ3n) is 2.82. The molecule has 0 aliphatic heterocycles. The normalized spacial score (nSPS) is 11.0. The third-order valence-corrected chi connectivity index (χ3v) is 4.21. The van der Waals surface area contributed by atoms with Crippen LogP contribution in [0.25, 0.3) is 10.9 Å². The Morgan fingerprint density at radius 3 is 3.06 bits per heavy atom. The molecular weight excluding hydrogens is 308 g/mol. The second kappa shape index (κ2) is 7.12. The summed E-state index contributed by atoms with van der Waals surface area (Å²) in [6.07, 6.45) is 5.21. The van der Waals surface area contributed by atoms with E-state index in [9.17, 15) is 0 Å². The maximum Gasteiger partial charge on any atom is 0.0758 e. The predicted molar refractivity (Wildman–Crippen MR) is 84.1 cm³/mol. The van der Waals surface area contributed by atoms with Gasteiger partial charge in [0.15, 0.2) is 0 Å². The fourth-order valence-corrected chi connectivity index (χ4v) is 2.79. The van der Waals surface area contributed by atoms with Crippen molar-refractivity contribution < 1.29 is 0 Å². The van der Waals surface area contributed by atoms with Gasteiger partial charge >= 0.3 is 0 Å². The lowest BCUT2D eigenvalue weighted by Crippen LogP contribution is -2.15. The van der Waals surface area contributed by atoms with Crippen LogP contribution in [0.1, 0.15) is 12.0 Å². The zero-order chi connectivity index (χ0) is 12.8. The van der Waals surface area contributed by atoms with E-state index in [0.29, 0.717) is 0 Å². The lowest BCUT2D eigenvalue weighted by Gasteiger charge is -2.08. The molecule has 2 nitrogen and oxygen atoms in total. The molecule has 1 N–H and O–H groups in total. The summed E-state index contributed by atoms with van der Waals surface area (Å²) < 4.78 is 1.11. The highest BCUT2D eigenvalue weighted by molar-refractivity contribution is 9.10. The van der Waals surface area contributed by atoms with Crippen molar-refractivity contribution in [2.24, 2.45) is 0 Å². The summed E-state index contributed by atoms with van der Waals surface area (Å²) in [5, 5.41) is 4.66. The first-order valence-corrected chi connectivity index (χ1v) is 8.23. The zero-order valence-electron chi connectivity index (χ0n) is 10.4. The number of pyridine rings is 1. The Bertz CT molecular complexity index is 516. The summed E-state index contributed by atoms with van der Waals surface area (Å²) >= 11 is 5.46. The standard InChI is InChI=1S/C14H17BrN2S/c1-18-9-3-7-16-10-11-5-6-13(15)12-4-2-8-17-14(11)12/h2,4-6,8,16H,3,7,9-10H2,1H3. The quantitative estimate of drug-likeness (QED) is 0.817. The van der Waals surface area contributed by atoms with E-state index in [0.717, 1.165) is 23.1 Å². The van der Waals surface area contributed by atoms with Gasteiger partial charge in [0.05, 0.1) is 5.52 Å². The number of thioether (sulfide) groups is 1. The van der Waals surface area contributed by atoms with E-state index in [1.54, 1.807) is 0 Å². The fraction of sp³-hybridized carbons (Fsp3) is 0.357. The summed E-state index contributed by atoms with van der Waals surface area (Å²) in [7, 11) is 0. The average molecular weight is 325 g/mol. The summed E-state index contributed by atoms with van der Waals surface area (Å²) in [5.41, 5.74) is 2.35. The molecule has 0 radical (unpaired) electrons. The van der Waals surface area contributed by atoms with Gasteiger partial charge in [0.1, 0.15) is 0 Å². The van der Waals surface area contributed by atoms with Crippen molar-refractivity contribution in [1.82, 2.24) is 10.3 Å². The van der Waals surface area contributed by atoms with Gasteiger partial charge in [-0.1, -0.05) is 28.1 Å². The molecule has 0 aliphatic carbocycles. The van der Waals surface area contributed by atoms with E-state index in [4.69, 9.17) is 0 Å². The first-order chi connectivity index (χ1) is 8.83. The summed E-state index contributed by atoms with van der Waals surface area (Å²) in [6, 6.07) is 8.32. The topological polar surface area (TPSA) is 24.9 Å². The smallest absolute Gasteiger partial charge is 0.0758 e. The first kappa shape index (κ1) is 13.8. The van der Waals surface area contributed by atoms with E-state index in [1.165, 1.54) is 23.1 Å². The van der Waals surface area contributed by atoms with Crippen molar-refractivity contribution in [1.29, 1.82) is 0 Å². The van der Waals surface area contributed by atoms with Gasteiger partial charge in [-0.2, -0.15) is 11.8 Å². The van der Waals surface area contributed by atoms with Gasteiger partial charge in [0.2, 0.25) is 0 Å². The first-order valence-electron chi connectivity index (χ1n) is 6.04. The van der Waals surface area contributed by atoms with Crippen LogP contribution in [0, 0.1) is 0 Å². The molecule has 0 saturated carbocycles. The number of halogens is 1. The number of rotatable bonds is 6. The number of nitrogens with one attached hydrogen (secondary N) is 1. The van der Waals surface area contributed by atoms with E-state index in [-0.39, 0.29) is 0 Å². The molecule has 0 fully saturated rings. The van der Waals surface area contributed by atoms with Crippen molar-refractivity contribution in [3.05, 3.63) is 40.5 Å². The largest absolute Gasteiger partial charge is 0.313 e. The Kier molecular flexibility index (Phi) is 5.47. The third kappa shape index (κ3) is 3.46. The maximum atomic E-state index is 4.48. The molecule has 96 valence electrons. The van der Waals surface area contributed by atoms with Crippen molar-refractivity contribution in [3.8, 4) is 0 Å². The van der Waals surface area contributed by atoms with Crippen LogP contribution >= 0.6 is 27.7 Å². The molecule has 0 spiro atoms. The molecule has 0 atom stereocenters. The molecule has 0 bridgehead atoms. The minimum absolute atomic E-state index is 0.884. The monoisotopic (exact) mass is 324 g/mol. The van der Waals surface area contributed by atoms with Crippen LogP contribution in [-0.2, 0) is 6.54 Å². The Labute approximate surface area is 121 Å². The molecule has 0 saturated heterocycles.